The maximum absolute atomic E-state index is 12.0. The van der Waals surface area contributed by atoms with E-state index in [4.69, 9.17) is 16.0 Å². The molecule has 2 rings (SSSR count). The van der Waals surface area contributed by atoms with Crippen molar-refractivity contribution >= 4 is 17.5 Å². The maximum Gasteiger partial charge on any atom is 0.242 e. The highest BCUT2D eigenvalue weighted by Gasteiger charge is 2.19. The molecule has 4 heteroatoms. The van der Waals surface area contributed by atoms with Gasteiger partial charge in [-0.2, -0.15) is 0 Å². The van der Waals surface area contributed by atoms with Crippen molar-refractivity contribution in [3.05, 3.63) is 60.1 Å². The molecule has 100 valence electrons. The lowest BCUT2D eigenvalue weighted by atomic mass is 10.1. The van der Waals surface area contributed by atoms with Crippen molar-refractivity contribution in [3.63, 3.8) is 0 Å². The van der Waals surface area contributed by atoms with Crippen LogP contribution in [-0.4, -0.2) is 11.9 Å². The Morgan fingerprint density at radius 1 is 1.26 bits per heavy atom. The normalized spacial score (nSPS) is 13.8. The molecule has 0 radical (unpaired) electrons. The van der Waals surface area contributed by atoms with Gasteiger partial charge in [-0.05, 0) is 24.6 Å². The van der Waals surface area contributed by atoms with Crippen molar-refractivity contribution in [2.24, 2.45) is 0 Å². The molecule has 2 atom stereocenters. The summed E-state index contributed by atoms with van der Waals surface area (Å²) in [6.07, 6.45) is 2.27. The molecule has 0 saturated heterocycles. The molecule has 0 fully saturated rings. The number of rotatable bonds is 5. The third kappa shape index (κ3) is 3.86. The van der Waals surface area contributed by atoms with Gasteiger partial charge in [-0.25, -0.2) is 0 Å². The smallest absolute Gasteiger partial charge is 0.242 e. The fraction of sp³-hybridized carbons (Fsp3) is 0.267. The quantitative estimate of drug-likeness (QED) is 0.852. The zero-order valence-electron chi connectivity index (χ0n) is 10.7. The minimum absolute atomic E-state index is 0.0244. The monoisotopic (exact) mass is 277 g/mol. The molecule has 1 aromatic carbocycles. The van der Waals surface area contributed by atoms with E-state index >= 15 is 0 Å². The Kier molecular flexibility index (Phi) is 4.63. The Morgan fingerprint density at radius 3 is 2.63 bits per heavy atom. The van der Waals surface area contributed by atoms with E-state index in [0.717, 1.165) is 11.3 Å². The minimum Gasteiger partial charge on any atom is -0.469 e. The Morgan fingerprint density at radius 2 is 2.00 bits per heavy atom. The van der Waals surface area contributed by atoms with Crippen molar-refractivity contribution in [2.75, 3.05) is 0 Å². The van der Waals surface area contributed by atoms with E-state index in [2.05, 4.69) is 5.32 Å². The first-order valence-electron chi connectivity index (χ1n) is 6.18. The summed E-state index contributed by atoms with van der Waals surface area (Å²) in [7, 11) is 0. The summed E-state index contributed by atoms with van der Waals surface area (Å²) < 4.78 is 5.25. The van der Waals surface area contributed by atoms with E-state index in [1.165, 1.54) is 0 Å². The van der Waals surface area contributed by atoms with Gasteiger partial charge in [0.15, 0.2) is 0 Å². The van der Waals surface area contributed by atoms with Gasteiger partial charge in [-0.15, -0.1) is 11.6 Å². The van der Waals surface area contributed by atoms with E-state index in [0.29, 0.717) is 6.42 Å². The predicted octanol–water partition coefficient (Wildman–Crippen LogP) is 3.31. The van der Waals surface area contributed by atoms with Crippen LogP contribution in [0.15, 0.2) is 53.1 Å². The van der Waals surface area contributed by atoms with Crippen molar-refractivity contribution < 1.29 is 9.21 Å². The Labute approximate surface area is 117 Å². The molecular formula is C15H16ClNO2. The van der Waals surface area contributed by atoms with Crippen molar-refractivity contribution in [2.45, 2.75) is 24.8 Å². The largest absolute Gasteiger partial charge is 0.469 e. The van der Waals surface area contributed by atoms with Gasteiger partial charge < -0.3 is 9.73 Å². The van der Waals surface area contributed by atoms with Crippen LogP contribution in [0.3, 0.4) is 0 Å². The maximum atomic E-state index is 12.0. The molecule has 0 saturated carbocycles. The fourth-order valence-corrected chi connectivity index (χ4v) is 2.08. The summed E-state index contributed by atoms with van der Waals surface area (Å²) in [5.74, 6) is 0.658. The third-order valence-electron chi connectivity index (χ3n) is 2.80. The number of carbonyl (C=O) groups is 1. The highest BCUT2D eigenvalue weighted by Crippen LogP contribution is 2.20. The van der Waals surface area contributed by atoms with Crippen LogP contribution >= 0.6 is 11.6 Å². The first kappa shape index (κ1) is 13.7. The molecule has 1 aromatic heterocycles. The van der Waals surface area contributed by atoms with Gasteiger partial charge in [0.25, 0.3) is 0 Å². The highest BCUT2D eigenvalue weighted by atomic mass is 35.5. The Bertz CT molecular complexity index is 510. The van der Waals surface area contributed by atoms with E-state index in [1.54, 1.807) is 6.26 Å². The molecule has 19 heavy (non-hydrogen) atoms. The topological polar surface area (TPSA) is 42.2 Å². The minimum atomic E-state index is -0.666. The zero-order chi connectivity index (χ0) is 13.7. The van der Waals surface area contributed by atoms with Gasteiger partial charge in [0.05, 0.1) is 6.26 Å². The van der Waals surface area contributed by atoms with E-state index < -0.39 is 5.38 Å². The van der Waals surface area contributed by atoms with Crippen LogP contribution in [0.1, 0.15) is 23.6 Å². The fourth-order valence-electron chi connectivity index (χ4n) is 1.87. The standard InChI is InChI=1S/C15H16ClNO2/c1-11(10-13-8-5-9-19-13)17-15(18)14(16)12-6-3-2-4-7-12/h2-9,11,14H,10H2,1H3,(H,17,18). The van der Waals surface area contributed by atoms with Gasteiger partial charge >= 0.3 is 0 Å². The lowest BCUT2D eigenvalue weighted by Gasteiger charge is -2.15. The summed E-state index contributed by atoms with van der Waals surface area (Å²) in [4.78, 5) is 12.0. The van der Waals surface area contributed by atoms with Crippen molar-refractivity contribution in [3.8, 4) is 0 Å². The second kappa shape index (κ2) is 6.43. The second-order valence-corrected chi connectivity index (χ2v) is 4.90. The van der Waals surface area contributed by atoms with Gasteiger partial charge in [-0.1, -0.05) is 30.3 Å². The van der Waals surface area contributed by atoms with Crippen LogP contribution in [0.4, 0.5) is 0 Å². The summed E-state index contributed by atoms with van der Waals surface area (Å²) in [5.41, 5.74) is 0.798. The molecule has 0 aliphatic carbocycles. The summed E-state index contributed by atoms with van der Waals surface area (Å²) >= 11 is 6.15. The summed E-state index contributed by atoms with van der Waals surface area (Å²) in [6, 6.07) is 13.0. The van der Waals surface area contributed by atoms with E-state index in [9.17, 15) is 4.79 Å². The second-order valence-electron chi connectivity index (χ2n) is 4.47. The molecule has 0 spiro atoms. The van der Waals surface area contributed by atoms with Crippen molar-refractivity contribution in [1.82, 2.24) is 5.32 Å². The number of nitrogens with one attached hydrogen (secondary N) is 1. The molecule has 0 aliphatic rings. The number of hydrogen-bond donors (Lipinski definition) is 1. The highest BCUT2D eigenvalue weighted by molar-refractivity contribution is 6.30. The van der Waals surface area contributed by atoms with Crippen LogP contribution in [0.2, 0.25) is 0 Å². The van der Waals surface area contributed by atoms with Crippen LogP contribution in [0.5, 0.6) is 0 Å². The molecule has 2 unspecified atom stereocenters. The molecule has 0 aliphatic heterocycles. The lowest BCUT2D eigenvalue weighted by molar-refractivity contribution is -0.121. The van der Waals surface area contributed by atoms with Gasteiger partial charge in [-0.3, -0.25) is 4.79 Å². The Balaban J connectivity index is 1.90. The predicted molar refractivity (Wildman–Crippen MR) is 75.1 cm³/mol. The third-order valence-corrected chi connectivity index (χ3v) is 3.25. The zero-order valence-corrected chi connectivity index (χ0v) is 11.4. The van der Waals surface area contributed by atoms with Crippen LogP contribution in [0, 0.1) is 0 Å². The van der Waals surface area contributed by atoms with Crippen molar-refractivity contribution in [1.29, 1.82) is 0 Å². The first-order chi connectivity index (χ1) is 9.16. The van der Waals surface area contributed by atoms with Gasteiger partial charge in [0.1, 0.15) is 11.1 Å². The number of alkyl halides is 1. The molecule has 1 heterocycles. The summed E-state index contributed by atoms with van der Waals surface area (Å²) in [5, 5.41) is 2.22. The average Bonchev–Trinajstić information content (AvgIpc) is 2.91. The number of hydrogen-bond acceptors (Lipinski definition) is 2. The van der Waals surface area contributed by atoms with Gasteiger partial charge in [0, 0.05) is 12.5 Å². The lowest BCUT2D eigenvalue weighted by Crippen LogP contribution is -2.36. The Hall–Kier alpha value is -1.74. The number of halogens is 1. The summed E-state index contributed by atoms with van der Waals surface area (Å²) in [6.45, 7) is 1.93. The SMILES string of the molecule is CC(Cc1ccco1)NC(=O)C(Cl)c1ccccc1. The molecule has 1 N–H and O–H groups in total. The number of benzene rings is 1. The number of amides is 1. The average molecular weight is 278 g/mol. The first-order valence-corrected chi connectivity index (χ1v) is 6.62. The molecule has 3 nitrogen and oxygen atoms in total. The molecule has 0 bridgehead atoms. The van der Waals surface area contributed by atoms with Crippen LogP contribution < -0.4 is 5.32 Å². The number of carbonyl (C=O) groups excluding carboxylic acids is 1. The molecular weight excluding hydrogens is 262 g/mol. The number of furan rings is 1. The molecule has 2 aromatic rings. The van der Waals surface area contributed by atoms with E-state index in [1.807, 2.05) is 49.4 Å². The van der Waals surface area contributed by atoms with Crippen LogP contribution in [0.25, 0.3) is 0 Å². The van der Waals surface area contributed by atoms with E-state index in [-0.39, 0.29) is 11.9 Å². The van der Waals surface area contributed by atoms with Crippen LogP contribution in [-0.2, 0) is 11.2 Å². The molecule has 1 amide bonds. The van der Waals surface area contributed by atoms with Gasteiger partial charge in [0.2, 0.25) is 5.91 Å².